The van der Waals surface area contributed by atoms with Gasteiger partial charge in [0, 0.05) is 18.7 Å². The second kappa shape index (κ2) is 5.77. The molecule has 1 aromatic rings. The summed E-state index contributed by atoms with van der Waals surface area (Å²) in [6.45, 7) is 4.28. The largest absolute Gasteiger partial charge is 0.480 e. The quantitative estimate of drug-likeness (QED) is 0.830. The highest BCUT2D eigenvalue weighted by atomic mass is 16.4. The van der Waals surface area contributed by atoms with Crippen molar-refractivity contribution in [1.29, 1.82) is 0 Å². The minimum atomic E-state index is -0.987. The standard InChI is InChI=1S/C15H18N2O3/c1-10(2)7-8-16-15(20)17-12-6-4-3-5-11(12)9-13(17)14(18)19/h3-7,13H,8-9H2,1-2H3,(H,16,20)(H,18,19)/t13-/m0/s1. The number of nitrogens with zero attached hydrogens (tertiary/aromatic N) is 1. The van der Waals surface area contributed by atoms with Crippen LogP contribution in [0.5, 0.6) is 0 Å². The number of urea groups is 1. The summed E-state index contributed by atoms with van der Waals surface area (Å²) in [6, 6.07) is 6.08. The van der Waals surface area contributed by atoms with Gasteiger partial charge in [0.2, 0.25) is 0 Å². The molecule has 5 heteroatoms. The van der Waals surface area contributed by atoms with Gasteiger partial charge in [-0.2, -0.15) is 0 Å². The zero-order valence-corrected chi connectivity index (χ0v) is 11.6. The Kier molecular flexibility index (Phi) is 4.08. The Morgan fingerprint density at radius 3 is 2.75 bits per heavy atom. The molecule has 20 heavy (non-hydrogen) atoms. The van der Waals surface area contributed by atoms with E-state index in [4.69, 9.17) is 0 Å². The maximum atomic E-state index is 12.2. The Morgan fingerprint density at radius 1 is 1.40 bits per heavy atom. The lowest BCUT2D eigenvalue weighted by Crippen LogP contribution is -2.48. The van der Waals surface area contributed by atoms with Crippen molar-refractivity contribution in [3.63, 3.8) is 0 Å². The molecular weight excluding hydrogens is 256 g/mol. The van der Waals surface area contributed by atoms with E-state index < -0.39 is 12.0 Å². The zero-order valence-electron chi connectivity index (χ0n) is 11.6. The van der Waals surface area contributed by atoms with Gasteiger partial charge >= 0.3 is 12.0 Å². The zero-order chi connectivity index (χ0) is 14.7. The monoisotopic (exact) mass is 274 g/mol. The van der Waals surface area contributed by atoms with Crippen LogP contribution in [0.25, 0.3) is 0 Å². The van der Waals surface area contributed by atoms with Gasteiger partial charge in [0.25, 0.3) is 0 Å². The normalized spacial score (nSPS) is 16.5. The van der Waals surface area contributed by atoms with E-state index in [0.29, 0.717) is 18.7 Å². The molecule has 0 aliphatic carbocycles. The fraction of sp³-hybridized carbons (Fsp3) is 0.333. The number of hydrogen-bond donors (Lipinski definition) is 2. The van der Waals surface area contributed by atoms with Gasteiger partial charge in [-0.05, 0) is 25.5 Å². The molecule has 0 saturated heterocycles. The molecule has 2 amide bonds. The first-order valence-corrected chi connectivity index (χ1v) is 6.52. The van der Waals surface area contributed by atoms with Gasteiger partial charge in [-0.3, -0.25) is 4.90 Å². The lowest BCUT2D eigenvalue weighted by Gasteiger charge is -2.22. The molecule has 1 aromatic carbocycles. The maximum absolute atomic E-state index is 12.2. The van der Waals surface area contributed by atoms with Crippen LogP contribution in [-0.2, 0) is 11.2 Å². The molecule has 0 unspecified atom stereocenters. The van der Waals surface area contributed by atoms with Gasteiger partial charge in [0.15, 0.2) is 0 Å². The molecule has 0 aromatic heterocycles. The smallest absolute Gasteiger partial charge is 0.327 e. The van der Waals surface area contributed by atoms with E-state index in [1.807, 2.05) is 32.1 Å². The Bertz CT molecular complexity index is 562. The van der Waals surface area contributed by atoms with Crippen LogP contribution in [0.1, 0.15) is 19.4 Å². The molecular formula is C15H18N2O3. The predicted molar refractivity (Wildman–Crippen MR) is 76.9 cm³/mol. The number of anilines is 1. The van der Waals surface area contributed by atoms with Gasteiger partial charge in [-0.25, -0.2) is 9.59 Å². The third-order valence-corrected chi connectivity index (χ3v) is 3.24. The van der Waals surface area contributed by atoms with Crippen molar-refractivity contribution in [1.82, 2.24) is 5.32 Å². The molecule has 0 bridgehead atoms. The first-order valence-electron chi connectivity index (χ1n) is 6.52. The van der Waals surface area contributed by atoms with E-state index in [9.17, 15) is 14.7 Å². The number of carbonyl (C=O) groups excluding carboxylic acids is 1. The average molecular weight is 274 g/mol. The van der Waals surface area contributed by atoms with Crippen LogP contribution >= 0.6 is 0 Å². The number of carboxylic acid groups (broad SMARTS) is 1. The number of carboxylic acids is 1. The highest BCUT2D eigenvalue weighted by Crippen LogP contribution is 2.32. The van der Waals surface area contributed by atoms with Crippen LogP contribution in [0, 0.1) is 0 Å². The fourth-order valence-electron chi connectivity index (χ4n) is 2.26. The molecule has 1 aliphatic rings. The second-order valence-electron chi connectivity index (χ2n) is 5.02. The Hall–Kier alpha value is -2.30. The molecule has 0 saturated carbocycles. The summed E-state index contributed by atoms with van der Waals surface area (Å²) in [6.07, 6.45) is 2.23. The molecule has 1 heterocycles. The first kappa shape index (κ1) is 14.1. The summed E-state index contributed by atoms with van der Waals surface area (Å²) in [7, 11) is 0. The number of carbonyl (C=O) groups is 2. The molecule has 1 aliphatic heterocycles. The summed E-state index contributed by atoms with van der Waals surface area (Å²) in [4.78, 5) is 24.9. The second-order valence-corrected chi connectivity index (χ2v) is 5.02. The van der Waals surface area contributed by atoms with E-state index in [0.717, 1.165) is 11.1 Å². The average Bonchev–Trinajstić information content (AvgIpc) is 2.77. The van der Waals surface area contributed by atoms with Gasteiger partial charge in [0.1, 0.15) is 6.04 Å². The SMILES string of the molecule is CC(C)=CCNC(=O)N1c2ccccc2C[C@H]1C(=O)O. The summed E-state index contributed by atoms with van der Waals surface area (Å²) in [5.41, 5.74) is 2.66. The maximum Gasteiger partial charge on any atom is 0.327 e. The molecule has 0 spiro atoms. The lowest BCUT2D eigenvalue weighted by atomic mass is 10.1. The Labute approximate surface area is 117 Å². The van der Waals surface area contributed by atoms with Gasteiger partial charge < -0.3 is 10.4 Å². The van der Waals surface area contributed by atoms with Crippen molar-refractivity contribution in [3.8, 4) is 0 Å². The Balaban J connectivity index is 2.20. The summed E-state index contributed by atoms with van der Waals surface area (Å²) >= 11 is 0. The number of hydrogen-bond acceptors (Lipinski definition) is 2. The summed E-state index contributed by atoms with van der Waals surface area (Å²) in [5.74, 6) is -0.987. The van der Waals surface area contributed by atoms with Crippen molar-refractivity contribution < 1.29 is 14.7 Å². The highest BCUT2D eigenvalue weighted by Gasteiger charge is 2.37. The van der Waals surface area contributed by atoms with Crippen LogP contribution in [0.3, 0.4) is 0 Å². The molecule has 2 N–H and O–H groups in total. The lowest BCUT2D eigenvalue weighted by molar-refractivity contribution is -0.138. The number of para-hydroxylation sites is 1. The number of fused-ring (bicyclic) bond motifs is 1. The number of aliphatic carboxylic acids is 1. The number of allylic oxidation sites excluding steroid dienone is 1. The molecule has 0 fully saturated rings. The van der Waals surface area contributed by atoms with Crippen LogP contribution in [0.4, 0.5) is 10.5 Å². The first-order chi connectivity index (χ1) is 9.50. The van der Waals surface area contributed by atoms with E-state index in [1.165, 1.54) is 4.90 Å². The van der Waals surface area contributed by atoms with Gasteiger partial charge in [-0.15, -0.1) is 0 Å². The highest BCUT2D eigenvalue weighted by molar-refractivity contribution is 6.01. The molecule has 1 atom stereocenters. The molecule has 106 valence electrons. The molecule has 2 rings (SSSR count). The van der Waals surface area contributed by atoms with Crippen molar-refractivity contribution >= 4 is 17.7 Å². The summed E-state index contributed by atoms with van der Waals surface area (Å²) in [5, 5.41) is 12.0. The third-order valence-electron chi connectivity index (χ3n) is 3.24. The number of rotatable bonds is 3. The fourth-order valence-corrected chi connectivity index (χ4v) is 2.26. The number of benzene rings is 1. The molecule has 5 nitrogen and oxygen atoms in total. The summed E-state index contributed by atoms with van der Waals surface area (Å²) < 4.78 is 0. The van der Waals surface area contributed by atoms with E-state index in [1.54, 1.807) is 12.1 Å². The van der Waals surface area contributed by atoms with Crippen LogP contribution in [-0.4, -0.2) is 29.7 Å². The minimum absolute atomic E-state index is 0.349. The van der Waals surface area contributed by atoms with Crippen molar-refractivity contribution in [2.75, 3.05) is 11.4 Å². The van der Waals surface area contributed by atoms with Crippen molar-refractivity contribution in [2.24, 2.45) is 0 Å². The van der Waals surface area contributed by atoms with E-state index >= 15 is 0 Å². The van der Waals surface area contributed by atoms with Gasteiger partial charge in [-0.1, -0.05) is 29.8 Å². The number of amides is 2. The topological polar surface area (TPSA) is 69.6 Å². The Morgan fingerprint density at radius 2 is 2.10 bits per heavy atom. The van der Waals surface area contributed by atoms with Gasteiger partial charge in [0.05, 0.1) is 0 Å². The van der Waals surface area contributed by atoms with E-state index in [-0.39, 0.29) is 6.03 Å². The van der Waals surface area contributed by atoms with Crippen LogP contribution < -0.4 is 10.2 Å². The minimum Gasteiger partial charge on any atom is -0.480 e. The van der Waals surface area contributed by atoms with E-state index in [2.05, 4.69) is 5.32 Å². The third kappa shape index (κ3) is 2.82. The van der Waals surface area contributed by atoms with Crippen molar-refractivity contribution in [3.05, 3.63) is 41.5 Å². The number of nitrogens with one attached hydrogen (secondary N) is 1. The predicted octanol–water partition coefficient (Wildman–Crippen LogP) is 2.18. The van der Waals surface area contributed by atoms with Crippen molar-refractivity contribution in [2.45, 2.75) is 26.3 Å². The van der Waals surface area contributed by atoms with Crippen LogP contribution in [0.2, 0.25) is 0 Å². The van der Waals surface area contributed by atoms with Crippen LogP contribution in [0.15, 0.2) is 35.9 Å². The molecule has 0 radical (unpaired) electrons.